The van der Waals surface area contributed by atoms with Crippen molar-refractivity contribution in [2.24, 2.45) is 5.92 Å². The molecule has 64 valence electrons. The van der Waals surface area contributed by atoms with Crippen LogP contribution in [0.1, 0.15) is 33.1 Å². The first-order valence-electron chi connectivity index (χ1n) is 4.69. The summed E-state index contributed by atoms with van der Waals surface area (Å²) in [4.78, 5) is 0. The number of rotatable bonds is 4. The Morgan fingerprint density at radius 1 is 1.45 bits per heavy atom. The minimum absolute atomic E-state index is 0.612. The largest absolute Gasteiger partial charge is 0.311 e. The lowest BCUT2D eigenvalue weighted by molar-refractivity contribution is 0.387. The van der Waals surface area contributed by atoms with Crippen molar-refractivity contribution in [1.29, 1.82) is 0 Å². The van der Waals surface area contributed by atoms with E-state index < -0.39 is 0 Å². The zero-order valence-electron chi connectivity index (χ0n) is 7.64. The molecular formula is C10H19N. The Kier molecular flexibility index (Phi) is 3.64. The van der Waals surface area contributed by atoms with Gasteiger partial charge < -0.3 is 5.32 Å². The lowest BCUT2D eigenvalue weighted by atomic mass is 9.85. The second-order valence-corrected chi connectivity index (χ2v) is 3.68. The van der Waals surface area contributed by atoms with Gasteiger partial charge >= 0.3 is 0 Å². The SMILES string of the molecule is CC(C)NCC=CC1CCC1. The first-order valence-corrected chi connectivity index (χ1v) is 4.69. The fraction of sp³-hybridized carbons (Fsp3) is 0.800. The molecule has 0 aromatic heterocycles. The topological polar surface area (TPSA) is 12.0 Å². The van der Waals surface area contributed by atoms with Gasteiger partial charge in [-0.15, -0.1) is 0 Å². The van der Waals surface area contributed by atoms with Gasteiger partial charge in [0, 0.05) is 12.6 Å². The molecule has 0 amide bonds. The molecule has 0 aromatic rings. The third-order valence-electron chi connectivity index (χ3n) is 2.20. The lowest BCUT2D eigenvalue weighted by Crippen LogP contribution is -2.22. The van der Waals surface area contributed by atoms with Crippen LogP contribution >= 0.6 is 0 Å². The molecule has 11 heavy (non-hydrogen) atoms. The van der Waals surface area contributed by atoms with E-state index in [0.29, 0.717) is 6.04 Å². The van der Waals surface area contributed by atoms with Crippen molar-refractivity contribution in [3.63, 3.8) is 0 Å². The first-order chi connectivity index (χ1) is 5.29. The van der Waals surface area contributed by atoms with E-state index in [1.807, 2.05) is 0 Å². The molecule has 1 rings (SSSR count). The van der Waals surface area contributed by atoms with Crippen molar-refractivity contribution in [1.82, 2.24) is 5.32 Å². The van der Waals surface area contributed by atoms with Gasteiger partial charge in [-0.1, -0.05) is 32.4 Å². The third-order valence-corrected chi connectivity index (χ3v) is 2.20. The molecule has 0 heterocycles. The highest BCUT2D eigenvalue weighted by Crippen LogP contribution is 2.26. The molecule has 1 aliphatic rings. The van der Waals surface area contributed by atoms with E-state index >= 15 is 0 Å². The summed E-state index contributed by atoms with van der Waals surface area (Å²) < 4.78 is 0. The first kappa shape index (κ1) is 8.79. The van der Waals surface area contributed by atoms with E-state index in [4.69, 9.17) is 0 Å². The van der Waals surface area contributed by atoms with Crippen LogP contribution in [-0.4, -0.2) is 12.6 Å². The van der Waals surface area contributed by atoms with Gasteiger partial charge in [-0.05, 0) is 18.8 Å². The molecule has 0 saturated heterocycles. The number of allylic oxidation sites excluding steroid dienone is 1. The summed E-state index contributed by atoms with van der Waals surface area (Å²) in [5, 5.41) is 3.36. The van der Waals surface area contributed by atoms with Gasteiger partial charge in [-0.25, -0.2) is 0 Å². The van der Waals surface area contributed by atoms with Crippen LogP contribution in [-0.2, 0) is 0 Å². The minimum atomic E-state index is 0.612. The predicted molar refractivity (Wildman–Crippen MR) is 49.6 cm³/mol. The van der Waals surface area contributed by atoms with Crippen LogP contribution in [0.15, 0.2) is 12.2 Å². The maximum absolute atomic E-state index is 3.36. The highest BCUT2D eigenvalue weighted by atomic mass is 14.9. The van der Waals surface area contributed by atoms with Crippen LogP contribution in [0.2, 0.25) is 0 Å². The second-order valence-electron chi connectivity index (χ2n) is 3.68. The number of hydrogen-bond acceptors (Lipinski definition) is 1. The average molecular weight is 153 g/mol. The molecule has 1 nitrogen and oxygen atoms in total. The number of nitrogens with one attached hydrogen (secondary N) is 1. The van der Waals surface area contributed by atoms with Crippen molar-refractivity contribution < 1.29 is 0 Å². The molecule has 0 radical (unpaired) electrons. The summed E-state index contributed by atoms with van der Waals surface area (Å²) >= 11 is 0. The zero-order valence-corrected chi connectivity index (χ0v) is 7.64. The van der Waals surface area contributed by atoms with Crippen molar-refractivity contribution >= 4 is 0 Å². The third kappa shape index (κ3) is 3.57. The summed E-state index contributed by atoms with van der Waals surface area (Å²) in [6.07, 6.45) is 8.89. The number of hydrogen-bond donors (Lipinski definition) is 1. The van der Waals surface area contributed by atoms with Gasteiger partial charge in [0.1, 0.15) is 0 Å². The van der Waals surface area contributed by atoms with Crippen LogP contribution in [0.3, 0.4) is 0 Å². The van der Waals surface area contributed by atoms with E-state index in [-0.39, 0.29) is 0 Å². The normalized spacial score (nSPS) is 19.5. The highest BCUT2D eigenvalue weighted by Gasteiger charge is 2.12. The monoisotopic (exact) mass is 153 g/mol. The molecule has 1 saturated carbocycles. The Hall–Kier alpha value is -0.300. The lowest BCUT2D eigenvalue weighted by Gasteiger charge is -2.21. The van der Waals surface area contributed by atoms with Crippen molar-refractivity contribution in [2.75, 3.05) is 6.54 Å². The summed E-state index contributed by atoms with van der Waals surface area (Å²) in [5.41, 5.74) is 0. The van der Waals surface area contributed by atoms with E-state index in [1.54, 1.807) is 0 Å². The summed E-state index contributed by atoms with van der Waals surface area (Å²) in [6.45, 7) is 5.39. The Bertz CT molecular complexity index is 123. The van der Waals surface area contributed by atoms with Gasteiger partial charge in [0.25, 0.3) is 0 Å². The smallest absolute Gasteiger partial charge is 0.0137 e. The molecule has 0 bridgehead atoms. The fourth-order valence-electron chi connectivity index (χ4n) is 1.20. The molecule has 1 N–H and O–H groups in total. The van der Waals surface area contributed by atoms with E-state index in [9.17, 15) is 0 Å². The summed E-state index contributed by atoms with van der Waals surface area (Å²) in [7, 11) is 0. The molecule has 0 aliphatic heterocycles. The molecule has 1 heteroatoms. The van der Waals surface area contributed by atoms with Gasteiger partial charge in [0.2, 0.25) is 0 Å². The second kappa shape index (κ2) is 4.55. The predicted octanol–water partition coefficient (Wildman–Crippen LogP) is 2.34. The maximum atomic E-state index is 3.36. The maximum Gasteiger partial charge on any atom is 0.0137 e. The van der Waals surface area contributed by atoms with Gasteiger partial charge in [-0.2, -0.15) is 0 Å². The molecule has 0 unspecified atom stereocenters. The van der Waals surface area contributed by atoms with Crippen molar-refractivity contribution in [3.8, 4) is 0 Å². The quantitative estimate of drug-likeness (QED) is 0.611. The molecule has 1 fully saturated rings. The van der Waals surface area contributed by atoms with Crippen LogP contribution in [0.25, 0.3) is 0 Å². The van der Waals surface area contributed by atoms with Crippen LogP contribution in [0.5, 0.6) is 0 Å². The Labute approximate surface area is 69.9 Å². The minimum Gasteiger partial charge on any atom is -0.311 e. The Balaban J connectivity index is 1.96. The van der Waals surface area contributed by atoms with Crippen LogP contribution in [0, 0.1) is 5.92 Å². The Morgan fingerprint density at radius 2 is 2.18 bits per heavy atom. The van der Waals surface area contributed by atoms with Crippen LogP contribution in [0.4, 0.5) is 0 Å². The standard InChI is InChI=1S/C10H19N/c1-9(2)11-8-4-7-10-5-3-6-10/h4,7,9-11H,3,5-6,8H2,1-2H3. The molecule has 1 aliphatic carbocycles. The van der Waals surface area contributed by atoms with Crippen molar-refractivity contribution in [2.45, 2.75) is 39.2 Å². The average Bonchev–Trinajstić information content (AvgIpc) is 1.82. The summed E-state index contributed by atoms with van der Waals surface area (Å²) in [5.74, 6) is 0.906. The van der Waals surface area contributed by atoms with Crippen molar-refractivity contribution in [3.05, 3.63) is 12.2 Å². The van der Waals surface area contributed by atoms with Gasteiger partial charge in [-0.3, -0.25) is 0 Å². The zero-order chi connectivity index (χ0) is 8.10. The fourth-order valence-corrected chi connectivity index (χ4v) is 1.20. The summed E-state index contributed by atoms with van der Waals surface area (Å²) in [6, 6.07) is 0.612. The highest BCUT2D eigenvalue weighted by molar-refractivity contribution is 4.93. The Morgan fingerprint density at radius 3 is 2.64 bits per heavy atom. The molecule has 0 aromatic carbocycles. The van der Waals surface area contributed by atoms with Gasteiger partial charge in [0.15, 0.2) is 0 Å². The molecule has 0 atom stereocenters. The van der Waals surface area contributed by atoms with E-state index in [1.165, 1.54) is 19.3 Å². The van der Waals surface area contributed by atoms with E-state index in [0.717, 1.165) is 12.5 Å². The van der Waals surface area contributed by atoms with Gasteiger partial charge in [0.05, 0.1) is 0 Å². The van der Waals surface area contributed by atoms with E-state index in [2.05, 4.69) is 31.3 Å². The molecular weight excluding hydrogens is 134 g/mol. The van der Waals surface area contributed by atoms with Crippen LogP contribution < -0.4 is 5.32 Å². The molecule has 0 spiro atoms.